The quantitative estimate of drug-likeness (QED) is 0.717. The van der Waals surface area contributed by atoms with Crippen molar-refractivity contribution in [3.05, 3.63) is 0 Å². The van der Waals surface area contributed by atoms with E-state index in [1.807, 2.05) is 0 Å². The topological polar surface area (TPSA) is 15.3 Å². The predicted octanol–water partition coefficient (Wildman–Crippen LogP) is 2.11. The molecule has 2 heteroatoms. The Morgan fingerprint density at radius 1 is 1.38 bits per heavy atom. The lowest BCUT2D eigenvalue weighted by molar-refractivity contribution is 0.177. The molecule has 16 heavy (non-hydrogen) atoms. The molecule has 1 saturated heterocycles. The molecule has 1 aliphatic rings. The van der Waals surface area contributed by atoms with Crippen molar-refractivity contribution < 1.29 is 0 Å². The van der Waals surface area contributed by atoms with Gasteiger partial charge in [-0.25, -0.2) is 0 Å². The molecule has 0 aliphatic carbocycles. The van der Waals surface area contributed by atoms with Crippen LogP contribution in [0.3, 0.4) is 0 Å². The summed E-state index contributed by atoms with van der Waals surface area (Å²) in [5, 5.41) is 3.57. The van der Waals surface area contributed by atoms with E-state index in [0.29, 0.717) is 6.04 Å². The second-order valence-electron chi connectivity index (χ2n) is 5.26. The molecule has 1 atom stereocenters. The highest BCUT2D eigenvalue weighted by atomic mass is 15.1. The molecule has 0 saturated carbocycles. The number of likely N-dealkylation sites (tertiary alicyclic amines) is 1. The lowest BCUT2D eigenvalue weighted by Crippen LogP contribution is -2.46. The van der Waals surface area contributed by atoms with E-state index in [0.717, 1.165) is 12.3 Å². The zero-order valence-corrected chi connectivity index (χ0v) is 11.0. The van der Waals surface area contributed by atoms with Crippen LogP contribution >= 0.6 is 0 Å². The molecule has 0 spiro atoms. The van der Waals surface area contributed by atoms with Gasteiger partial charge in [-0.05, 0) is 38.3 Å². The third-order valence-electron chi connectivity index (χ3n) is 3.26. The summed E-state index contributed by atoms with van der Waals surface area (Å²) in [6.45, 7) is 10.4. The van der Waals surface area contributed by atoms with Gasteiger partial charge < -0.3 is 10.2 Å². The Hall–Kier alpha value is -0.520. The second-order valence-corrected chi connectivity index (χ2v) is 5.26. The van der Waals surface area contributed by atoms with E-state index < -0.39 is 0 Å². The highest BCUT2D eigenvalue weighted by molar-refractivity contribution is 4.99. The Morgan fingerprint density at radius 3 is 2.44 bits per heavy atom. The van der Waals surface area contributed by atoms with Gasteiger partial charge in [0.15, 0.2) is 0 Å². The number of nitrogens with one attached hydrogen (secondary N) is 1. The standard InChI is InChI=1S/C14H26N2/c1-5-13(6-2)15-14-7-9-16(10-8-14)11-12(3)4/h1,12-15H,6-11H2,2-4H3. The van der Waals surface area contributed by atoms with Crippen molar-refractivity contribution in [3.8, 4) is 12.3 Å². The van der Waals surface area contributed by atoms with Crippen molar-refractivity contribution in [2.75, 3.05) is 19.6 Å². The molecule has 0 aromatic carbocycles. The molecule has 92 valence electrons. The average molecular weight is 222 g/mol. The number of piperidine rings is 1. The van der Waals surface area contributed by atoms with Crippen LogP contribution in [0.1, 0.15) is 40.0 Å². The third-order valence-corrected chi connectivity index (χ3v) is 3.26. The highest BCUT2D eigenvalue weighted by Crippen LogP contribution is 2.12. The Labute approximate surface area is 101 Å². The molecule has 1 heterocycles. The smallest absolute Gasteiger partial charge is 0.0686 e. The number of terminal acetylenes is 1. The molecule has 0 amide bonds. The minimum absolute atomic E-state index is 0.265. The van der Waals surface area contributed by atoms with E-state index in [-0.39, 0.29) is 6.04 Å². The minimum Gasteiger partial charge on any atom is -0.303 e. The summed E-state index contributed by atoms with van der Waals surface area (Å²) < 4.78 is 0. The molecule has 0 radical (unpaired) electrons. The van der Waals surface area contributed by atoms with Crippen LogP contribution in [-0.4, -0.2) is 36.6 Å². The first-order valence-electron chi connectivity index (χ1n) is 6.60. The summed E-state index contributed by atoms with van der Waals surface area (Å²) >= 11 is 0. The summed E-state index contributed by atoms with van der Waals surface area (Å²) in [4.78, 5) is 2.57. The number of hydrogen-bond acceptors (Lipinski definition) is 2. The largest absolute Gasteiger partial charge is 0.303 e. The number of rotatable bonds is 5. The van der Waals surface area contributed by atoms with Crippen molar-refractivity contribution in [2.45, 2.75) is 52.1 Å². The van der Waals surface area contributed by atoms with Crippen molar-refractivity contribution >= 4 is 0 Å². The van der Waals surface area contributed by atoms with Crippen LogP contribution in [0.5, 0.6) is 0 Å². The zero-order chi connectivity index (χ0) is 12.0. The predicted molar refractivity (Wildman–Crippen MR) is 70.3 cm³/mol. The van der Waals surface area contributed by atoms with Gasteiger partial charge in [-0.3, -0.25) is 0 Å². The normalized spacial score (nSPS) is 20.9. The molecule has 0 aromatic rings. The van der Waals surface area contributed by atoms with Crippen molar-refractivity contribution in [1.29, 1.82) is 0 Å². The fourth-order valence-electron chi connectivity index (χ4n) is 2.37. The zero-order valence-electron chi connectivity index (χ0n) is 11.0. The van der Waals surface area contributed by atoms with Gasteiger partial charge in [0.25, 0.3) is 0 Å². The maximum absolute atomic E-state index is 5.47. The molecule has 2 nitrogen and oxygen atoms in total. The summed E-state index contributed by atoms with van der Waals surface area (Å²) in [5.74, 6) is 3.59. The van der Waals surface area contributed by atoms with Crippen molar-refractivity contribution in [3.63, 3.8) is 0 Å². The van der Waals surface area contributed by atoms with Gasteiger partial charge in [-0.1, -0.05) is 26.7 Å². The summed E-state index contributed by atoms with van der Waals surface area (Å²) in [6, 6.07) is 0.895. The fraction of sp³-hybridized carbons (Fsp3) is 0.857. The molecule has 1 aliphatic heterocycles. The number of nitrogens with zero attached hydrogens (tertiary/aromatic N) is 1. The Kier molecular flexibility index (Phi) is 5.87. The third kappa shape index (κ3) is 4.55. The van der Waals surface area contributed by atoms with E-state index in [4.69, 9.17) is 6.42 Å². The van der Waals surface area contributed by atoms with Crippen LogP contribution in [0.4, 0.5) is 0 Å². The van der Waals surface area contributed by atoms with Gasteiger partial charge in [0.1, 0.15) is 0 Å². The maximum atomic E-state index is 5.47. The number of hydrogen-bond donors (Lipinski definition) is 1. The summed E-state index contributed by atoms with van der Waals surface area (Å²) in [6.07, 6.45) is 8.98. The van der Waals surface area contributed by atoms with Gasteiger partial charge in [-0.15, -0.1) is 6.42 Å². The SMILES string of the molecule is C#CC(CC)NC1CCN(CC(C)C)CC1. The van der Waals surface area contributed by atoms with Crippen LogP contribution in [-0.2, 0) is 0 Å². The average Bonchev–Trinajstić information content (AvgIpc) is 2.27. The van der Waals surface area contributed by atoms with Gasteiger partial charge >= 0.3 is 0 Å². The first-order valence-corrected chi connectivity index (χ1v) is 6.60. The highest BCUT2D eigenvalue weighted by Gasteiger charge is 2.20. The second kappa shape index (κ2) is 6.93. The van der Waals surface area contributed by atoms with E-state index in [9.17, 15) is 0 Å². The first kappa shape index (κ1) is 13.5. The Morgan fingerprint density at radius 2 is 2.00 bits per heavy atom. The molecule has 1 unspecified atom stereocenters. The Bertz CT molecular complexity index is 221. The van der Waals surface area contributed by atoms with E-state index in [1.165, 1.54) is 32.5 Å². The van der Waals surface area contributed by atoms with E-state index in [1.54, 1.807) is 0 Å². The molecular formula is C14H26N2. The van der Waals surface area contributed by atoms with Crippen LogP contribution < -0.4 is 5.32 Å². The summed E-state index contributed by atoms with van der Waals surface area (Å²) in [5.41, 5.74) is 0. The van der Waals surface area contributed by atoms with E-state index in [2.05, 4.69) is 36.9 Å². The summed E-state index contributed by atoms with van der Waals surface area (Å²) in [7, 11) is 0. The Balaban J connectivity index is 2.24. The lowest BCUT2D eigenvalue weighted by Gasteiger charge is -2.34. The van der Waals surface area contributed by atoms with Gasteiger partial charge in [0.2, 0.25) is 0 Å². The van der Waals surface area contributed by atoms with Crippen molar-refractivity contribution in [1.82, 2.24) is 10.2 Å². The first-order chi connectivity index (χ1) is 7.65. The molecule has 1 N–H and O–H groups in total. The van der Waals surface area contributed by atoms with E-state index >= 15 is 0 Å². The lowest BCUT2D eigenvalue weighted by atomic mass is 10.0. The van der Waals surface area contributed by atoms with Crippen molar-refractivity contribution in [2.24, 2.45) is 5.92 Å². The molecule has 1 rings (SSSR count). The molecule has 1 fully saturated rings. The molecular weight excluding hydrogens is 196 g/mol. The van der Waals surface area contributed by atoms with Gasteiger partial charge in [0.05, 0.1) is 6.04 Å². The van der Waals surface area contributed by atoms with Crippen LogP contribution in [0.15, 0.2) is 0 Å². The van der Waals surface area contributed by atoms with Gasteiger partial charge in [-0.2, -0.15) is 0 Å². The minimum atomic E-state index is 0.265. The molecule has 0 aromatic heterocycles. The molecule has 0 bridgehead atoms. The van der Waals surface area contributed by atoms with Gasteiger partial charge in [0, 0.05) is 12.6 Å². The fourth-order valence-corrected chi connectivity index (χ4v) is 2.37. The van der Waals surface area contributed by atoms with Crippen LogP contribution in [0, 0.1) is 18.3 Å². The van der Waals surface area contributed by atoms with Crippen LogP contribution in [0.25, 0.3) is 0 Å². The monoisotopic (exact) mass is 222 g/mol. The maximum Gasteiger partial charge on any atom is 0.0686 e. The van der Waals surface area contributed by atoms with Crippen LogP contribution in [0.2, 0.25) is 0 Å².